The molecule has 0 radical (unpaired) electrons. The van der Waals surface area contributed by atoms with Gasteiger partial charge in [-0.25, -0.2) is 9.78 Å². The molecule has 1 aliphatic heterocycles. The molecule has 0 bridgehead atoms. The van der Waals surface area contributed by atoms with Crippen LogP contribution in [0.15, 0.2) is 29.1 Å². The predicted molar refractivity (Wildman–Crippen MR) is 123 cm³/mol. The fraction of sp³-hybridized carbons (Fsp3) is 0.391. The highest BCUT2D eigenvalue weighted by atomic mass is 16.4. The van der Waals surface area contributed by atoms with E-state index in [1.54, 1.807) is 19.2 Å². The Hall–Kier alpha value is -3.82. The Bertz CT molecular complexity index is 1330. The molecule has 2 amide bonds. The van der Waals surface area contributed by atoms with Crippen molar-refractivity contribution in [2.45, 2.75) is 50.7 Å². The van der Waals surface area contributed by atoms with Crippen LogP contribution < -0.4 is 21.5 Å². The Kier molecular flexibility index (Phi) is 5.07. The molecule has 3 heterocycles. The average molecular weight is 450 g/mol. The maximum atomic E-state index is 13.1. The molecule has 172 valence electrons. The maximum Gasteiger partial charge on any atom is 0.404 e. The zero-order valence-corrected chi connectivity index (χ0v) is 18.4. The number of para-hydroxylation sites is 1. The number of H-pyrrole nitrogens is 1. The molecule has 1 aliphatic carbocycles. The summed E-state index contributed by atoms with van der Waals surface area (Å²) in [7, 11) is 1.68. The molecule has 10 nitrogen and oxygen atoms in total. The molecule has 1 saturated carbocycles. The number of hydrogen-bond donors (Lipinski definition) is 5. The van der Waals surface area contributed by atoms with Crippen LogP contribution in [0.3, 0.4) is 0 Å². The second-order valence-corrected chi connectivity index (χ2v) is 8.86. The largest absolute Gasteiger partial charge is 0.465 e. The second kappa shape index (κ2) is 7.95. The molecule has 3 aromatic rings. The number of nitrogens with one attached hydrogen (secondary N) is 4. The molecule has 3 atom stereocenters. The monoisotopic (exact) mass is 450 g/mol. The van der Waals surface area contributed by atoms with Crippen LogP contribution in [0.25, 0.3) is 22.2 Å². The van der Waals surface area contributed by atoms with E-state index in [1.807, 2.05) is 19.1 Å². The number of rotatable bonds is 4. The maximum absolute atomic E-state index is 13.1. The molecule has 0 saturated heterocycles. The van der Waals surface area contributed by atoms with Gasteiger partial charge >= 0.3 is 6.09 Å². The van der Waals surface area contributed by atoms with Crippen molar-refractivity contribution in [1.82, 2.24) is 25.2 Å². The van der Waals surface area contributed by atoms with E-state index >= 15 is 0 Å². The number of carboxylic acid groups (broad SMARTS) is 1. The molecule has 2 aliphatic rings. The summed E-state index contributed by atoms with van der Waals surface area (Å²) in [5.41, 5.74) is 3.29. The summed E-state index contributed by atoms with van der Waals surface area (Å²) < 4.78 is 1.49. The number of nitrogens with zero attached hydrogens (tertiary/aromatic N) is 2. The van der Waals surface area contributed by atoms with Crippen LogP contribution in [0.5, 0.6) is 0 Å². The normalized spacial score (nSPS) is 22.1. The molecule has 0 unspecified atom stereocenters. The Morgan fingerprint density at radius 2 is 2.00 bits per heavy atom. The Labute approximate surface area is 189 Å². The fourth-order valence-corrected chi connectivity index (χ4v) is 4.94. The number of benzene rings is 1. The van der Waals surface area contributed by atoms with E-state index in [0.717, 1.165) is 36.2 Å². The van der Waals surface area contributed by atoms with Gasteiger partial charge in [-0.15, -0.1) is 0 Å². The van der Waals surface area contributed by atoms with Gasteiger partial charge < -0.3 is 26.0 Å². The average Bonchev–Trinajstić information content (AvgIpc) is 3.32. The Balaban J connectivity index is 1.53. The van der Waals surface area contributed by atoms with E-state index < -0.39 is 6.09 Å². The first-order chi connectivity index (χ1) is 15.8. The highest BCUT2D eigenvalue weighted by Crippen LogP contribution is 2.33. The van der Waals surface area contributed by atoms with Gasteiger partial charge in [-0.1, -0.05) is 12.1 Å². The van der Waals surface area contributed by atoms with Gasteiger partial charge in [0.25, 0.3) is 11.5 Å². The van der Waals surface area contributed by atoms with Crippen LogP contribution in [0.4, 0.5) is 10.7 Å². The Morgan fingerprint density at radius 3 is 2.76 bits per heavy atom. The van der Waals surface area contributed by atoms with Gasteiger partial charge in [0.05, 0.1) is 28.2 Å². The molecule has 1 aromatic carbocycles. The van der Waals surface area contributed by atoms with Gasteiger partial charge in [-0.05, 0) is 44.7 Å². The van der Waals surface area contributed by atoms with Gasteiger partial charge in [0, 0.05) is 30.4 Å². The van der Waals surface area contributed by atoms with E-state index in [9.17, 15) is 14.4 Å². The van der Waals surface area contributed by atoms with Crippen molar-refractivity contribution >= 4 is 28.9 Å². The summed E-state index contributed by atoms with van der Waals surface area (Å²) in [6, 6.07) is 7.01. The van der Waals surface area contributed by atoms with Crippen molar-refractivity contribution in [2.75, 3.05) is 5.32 Å². The van der Waals surface area contributed by atoms with Gasteiger partial charge in [-0.2, -0.15) is 0 Å². The first-order valence-electron chi connectivity index (χ1n) is 11.1. The molecular formula is C23H26N6O4. The van der Waals surface area contributed by atoms with Crippen LogP contribution in [0.1, 0.15) is 54.7 Å². The van der Waals surface area contributed by atoms with Crippen LogP contribution >= 0.6 is 0 Å². The highest BCUT2D eigenvalue weighted by molar-refractivity contribution is 6.01. The van der Waals surface area contributed by atoms with Crippen molar-refractivity contribution < 1.29 is 14.7 Å². The predicted octanol–water partition coefficient (Wildman–Crippen LogP) is 2.72. The SMILES string of the molecule is C[C@H]1NC(=O)c2cc(-c3cccc4c(=O)n(C)c(N[C@@H]5CCC[C@H](NC(=O)O)C5)nc34)[nH]c21. The topological polar surface area (TPSA) is 141 Å². The third-order valence-electron chi connectivity index (χ3n) is 6.61. The lowest BCUT2D eigenvalue weighted by Crippen LogP contribution is -2.41. The van der Waals surface area contributed by atoms with E-state index in [2.05, 4.69) is 20.9 Å². The number of aromatic amines is 1. The second-order valence-electron chi connectivity index (χ2n) is 8.86. The summed E-state index contributed by atoms with van der Waals surface area (Å²) >= 11 is 0. The number of carbonyl (C=O) groups is 2. The molecule has 5 N–H and O–H groups in total. The zero-order valence-electron chi connectivity index (χ0n) is 18.4. The molecule has 10 heteroatoms. The van der Waals surface area contributed by atoms with Crippen LogP contribution in [-0.2, 0) is 7.05 Å². The number of anilines is 1. The van der Waals surface area contributed by atoms with E-state index in [0.29, 0.717) is 28.8 Å². The third-order valence-corrected chi connectivity index (χ3v) is 6.61. The summed E-state index contributed by atoms with van der Waals surface area (Å²) in [4.78, 5) is 44.5. The minimum atomic E-state index is -1.03. The standard InChI is InChI=1S/C23H26N6O4/c1-11-18-16(20(30)24-11)10-17(27-18)14-7-4-8-15-19(14)28-22(29(2)21(15)31)25-12-5-3-6-13(9-12)26-23(32)33/h4,7-8,10-13,26-27H,3,5-6,9H2,1-2H3,(H,24,30)(H,25,28)(H,32,33)/t11-,12-,13+/m1/s1. The van der Waals surface area contributed by atoms with Gasteiger partial charge in [0.2, 0.25) is 5.95 Å². The highest BCUT2D eigenvalue weighted by Gasteiger charge is 2.29. The lowest BCUT2D eigenvalue weighted by molar-refractivity contribution is 0.0958. The molecule has 1 fully saturated rings. The van der Waals surface area contributed by atoms with Crippen molar-refractivity contribution in [2.24, 2.45) is 7.05 Å². The summed E-state index contributed by atoms with van der Waals surface area (Å²) in [5, 5.41) is 18.3. The summed E-state index contributed by atoms with van der Waals surface area (Å²) in [6.45, 7) is 1.92. The van der Waals surface area contributed by atoms with Crippen LogP contribution in [0, 0.1) is 0 Å². The number of carbonyl (C=O) groups excluding carboxylic acids is 1. The molecule has 5 rings (SSSR count). The fourth-order valence-electron chi connectivity index (χ4n) is 4.94. The molecule has 33 heavy (non-hydrogen) atoms. The lowest BCUT2D eigenvalue weighted by atomic mass is 9.91. The minimum absolute atomic E-state index is 0.00264. The van der Waals surface area contributed by atoms with Crippen LogP contribution in [-0.4, -0.2) is 43.7 Å². The Morgan fingerprint density at radius 1 is 1.21 bits per heavy atom. The molecule has 2 aromatic heterocycles. The van der Waals surface area contributed by atoms with Crippen molar-refractivity contribution in [1.29, 1.82) is 0 Å². The zero-order chi connectivity index (χ0) is 23.3. The lowest BCUT2D eigenvalue weighted by Gasteiger charge is -2.30. The number of hydrogen-bond acceptors (Lipinski definition) is 5. The summed E-state index contributed by atoms with van der Waals surface area (Å²) in [6.07, 6.45) is 2.13. The minimum Gasteiger partial charge on any atom is -0.465 e. The van der Waals surface area contributed by atoms with Crippen LogP contribution in [0.2, 0.25) is 0 Å². The van der Waals surface area contributed by atoms with E-state index in [1.165, 1.54) is 4.57 Å². The van der Waals surface area contributed by atoms with Gasteiger partial charge in [-0.3, -0.25) is 14.2 Å². The van der Waals surface area contributed by atoms with Crippen molar-refractivity contribution in [3.05, 3.63) is 45.9 Å². The van der Waals surface area contributed by atoms with Gasteiger partial charge in [0.1, 0.15) is 0 Å². The van der Waals surface area contributed by atoms with E-state index in [-0.39, 0.29) is 29.6 Å². The number of fused-ring (bicyclic) bond motifs is 2. The van der Waals surface area contributed by atoms with Crippen molar-refractivity contribution in [3.63, 3.8) is 0 Å². The van der Waals surface area contributed by atoms with Crippen molar-refractivity contribution in [3.8, 4) is 11.3 Å². The third kappa shape index (κ3) is 3.71. The van der Waals surface area contributed by atoms with E-state index in [4.69, 9.17) is 10.1 Å². The summed E-state index contributed by atoms with van der Waals surface area (Å²) in [5.74, 6) is 0.319. The quantitative estimate of drug-likeness (QED) is 0.414. The van der Waals surface area contributed by atoms with Gasteiger partial charge in [0.15, 0.2) is 0 Å². The number of amides is 2. The molecular weight excluding hydrogens is 424 g/mol. The first-order valence-corrected chi connectivity index (χ1v) is 11.1. The smallest absolute Gasteiger partial charge is 0.404 e. The first kappa shape index (κ1) is 21.0. The number of aromatic nitrogens is 3. The molecule has 0 spiro atoms.